The van der Waals surface area contributed by atoms with E-state index in [-0.39, 0.29) is 12.0 Å². The number of hydrogen-bond donors (Lipinski definition) is 0. The Morgan fingerprint density at radius 1 is 1.50 bits per heavy atom. The summed E-state index contributed by atoms with van der Waals surface area (Å²) in [6, 6.07) is 0.324. The average molecular weight is 199 g/mol. The summed E-state index contributed by atoms with van der Waals surface area (Å²) in [7, 11) is 0. The highest BCUT2D eigenvalue weighted by Crippen LogP contribution is 2.20. The number of carbonyl (C=O) groups excluding carboxylic acids is 1. The zero-order valence-electron chi connectivity index (χ0n) is 9.62. The topological polar surface area (TPSA) is 29.5 Å². The van der Waals surface area contributed by atoms with Crippen LogP contribution in [0.2, 0.25) is 0 Å². The van der Waals surface area contributed by atoms with Gasteiger partial charge in [-0.3, -0.25) is 4.79 Å². The minimum atomic E-state index is 0.181. The third-order valence-electron chi connectivity index (χ3n) is 2.70. The number of ether oxygens (including phenoxy) is 1. The van der Waals surface area contributed by atoms with E-state index in [1.807, 2.05) is 4.90 Å². The van der Waals surface area contributed by atoms with Crippen molar-refractivity contribution in [2.45, 2.75) is 58.8 Å². The Morgan fingerprint density at radius 2 is 2.14 bits per heavy atom. The second-order valence-corrected chi connectivity index (χ2v) is 4.39. The van der Waals surface area contributed by atoms with E-state index >= 15 is 0 Å². The predicted molar refractivity (Wildman–Crippen MR) is 56.1 cm³/mol. The molecular weight excluding hydrogens is 178 g/mol. The van der Waals surface area contributed by atoms with E-state index in [1.54, 1.807) is 6.92 Å². The van der Waals surface area contributed by atoms with Gasteiger partial charge in [0, 0.05) is 19.5 Å². The molecule has 0 radical (unpaired) electrons. The van der Waals surface area contributed by atoms with Crippen LogP contribution >= 0.6 is 0 Å². The SMILES string of the molecule is CC(=O)N1CC[C@@H](OC(C)C)C[C@H]1C. The molecule has 0 N–H and O–H groups in total. The molecule has 2 atom stereocenters. The van der Waals surface area contributed by atoms with Gasteiger partial charge in [-0.15, -0.1) is 0 Å². The molecule has 0 bridgehead atoms. The molecule has 1 aliphatic heterocycles. The molecule has 0 aromatic rings. The Labute approximate surface area is 86.4 Å². The third-order valence-corrected chi connectivity index (χ3v) is 2.70. The summed E-state index contributed by atoms with van der Waals surface area (Å²) >= 11 is 0. The lowest BCUT2D eigenvalue weighted by Gasteiger charge is -2.37. The maximum atomic E-state index is 11.2. The van der Waals surface area contributed by atoms with Crippen LogP contribution in [0.15, 0.2) is 0 Å². The lowest BCUT2D eigenvalue weighted by molar-refractivity contribution is -0.135. The van der Waals surface area contributed by atoms with Gasteiger partial charge in [-0.1, -0.05) is 0 Å². The van der Waals surface area contributed by atoms with Gasteiger partial charge in [0.25, 0.3) is 0 Å². The first kappa shape index (κ1) is 11.5. The van der Waals surface area contributed by atoms with E-state index in [2.05, 4.69) is 20.8 Å². The smallest absolute Gasteiger partial charge is 0.219 e. The fourth-order valence-corrected chi connectivity index (χ4v) is 2.11. The van der Waals surface area contributed by atoms with Gasteiger partial charge in [-0.2, -0.15) is 0 Å². The highest BCUT2D eigenvalue weighted by molar-refractivity contribution is 5.73. The first-order valence-electron chi connectivity index (χ1n) is 5.43. The van der Waals surface area contributed by atoms with Crippen molar-refractivity contribution in [2.24, 2.45) is 0 Å². The van der Waals surface area contributed by atoms with E-state index in [9.17, 15) is 4.79 Å². The number of likely N-dealkylation sites (tertiary alicyclic amines) is 1. The quantitative estimate of drug-likeness (QED) is 0.679. The van der Waals surface area contributed by atoms with Crippen molar-refractivity contribution in [3.05, 3.63) is 0 Å². The van der Waals surface area contributed by atoms with Crippen LogP contribution in [0.1, 0.15) is 40.5 Å². The molecule has 1 saturated heterocycles. The molecule has 82 valence electrons. The monoisotopic (exact) mass is 199 g/mol. The van der Waals surface area contributed by atoms with E-state index in [4.69, 9.17) is 4.74 Å². The third kappa shape index (κ3) is 2.98. The van der Waals surface area contributed by atoms with E-state index in [1.165, 1.54) is 0 Å². The van der Waals surface area contributed by atoms with Gasteiger partial charge < -0.3 is 9.64 Å². The van der Waals surface area contributed by atoms with Gasteiger partial charge in [-0.05, 0) is 33.6 Å². The van der Waals surface area contributed by atoms with Crippen LogP contribution in [0, 0.1) is 0 Å². The second-order valence-electron chi connectivity index (χ2n) is 4.39. The summed E-state index contributed by atoms with van der Waals surface area (Å²) in [5.74, 6) is 0.181. The molecule has 0 unspecified atom stereocenters. The summed E-state index contributed by atoms with van der Waals surface area (Å²) in [6.07, 6.45) is 2.57. The number of amides is 1. The Morgan fingerprint density at radius 3 is 2.57 bits per heavy atom. The minimum Gasteiger partial charge on any atom is -0.375 e. The van der Waals surface area contributed by atoms with Crippen molar-refractivity contribution in [1.29, 1.82) is 0 Å². The number of rotatable bonds is 2. The molecule has 14 heavy (non-hydrogen) atoms. The van der Waals surface area contributed by atoms with Crippen molar-refractivity contribution in [3.63, 3.8) is 0 Å². The van der Waals surface area contributed by atoms with Crippen LogP contribution in [0.3, 0.4) is 0 Å². The Kier molecular flexibility index (Phi) is 3.93. The van der Waals surface area contributed by atoms with E-state index in [0.717, 1.165) is 19.4 Å². The zero-order valence-corrected chi connectivity index (χ0v) is 9.62. The molecule has 1 amide bonds. The van der Waals surface area contributed by atoms with Gasteiger partial charge in [-0.25, -0.2) is 0 Å². The van der Waals surface area contributed by atoms with Crippen LogP contribution in [0.4, 0.5) is 0 Å². The van der Waals surface area contributed by atoms with Crippen LogP contribution in [0.5, 0.6) is 0 Å². The van der Waals surface area contributed by atoms with Crippen LogP contribution in [0.25, 0.3) is 0 Å². The normalized spacial score (nSPS) is 28.2. The molecule has 3 nitrogen and oxygen atoms in total. The van der Waals surface area contributed by atoms with Gasteiger partial charge in [0.1, 0.15) is 0 Å². The molecular formula is C11H21NO2. The standard InChI is InChI=1S/C11H21NO2/c1-8(2)14-11-5-6-12(10(4)13)9(3)7-11/h8-9,11H,5-7H2,1-4H3/t9-,11-/m1/s1. The number of hydrogen-bond acceptors (Lipinski definition) is 2. The van der Waals surface area contributed by atoms with Crippen molar-refractivity contribution < 1.29 is 9.53 Å². The van der Waals surface area contributed by atoms with E-state index in [0.29, 0.717) is 12.1 Å². The fraction of sp³-hybridized carbons (Fsp3) is 0.909. The van der Waals surface area contributed by atoms with Gasteiger partial charge in [0.2, 0.25) is 5.91 Å². The molecule has 0 aromatic heterocycles. The van der Waals surface area contributed by atoms with Crippen molar-refractivity contribution in [3.8, 4) is 0 Å². The number of piperidine rings is 1. The van der Waals surface area contributed by atoms with E-state index < -0.39 is 0 Å². The second kappa shape index (κ2) is 4.78. The lowest BCUT2D eigenvalue weighted by atomic mass is 10.0. The molecule has 0 aliphatic carbocycles. The molecule has 1 heterocycles. The molecule has 0 saturated carbocycles. The highest BCUT2D eigenvalue weighted by atomic mass is 16.5. The molecule has 0 spiro atoms. The molecule has 3 heteroatoms. The van der Waals surface area contributed by atoms with Gasteiger partial charge >= 0.3 is 0 Å². The van der Waals surface area contributed by atoms with Gasteiger partial charge in [0.15, 0.2) is 0 Å². The maximum absolute atomic E-state index is 11.2. The Hall–Kier alpha value is -0.570. The first-order chi connectivity index (χ1) is 6.50. The summed E-state index contributed by atoms with van der Waals surface area (Å²) in [5.41, 5.74) is 0. The Balaban J connectivity index is 2.42. The summed E-state index contributed by atoms with van der Waals surface area (Å²) in [5, 5.41) is 0. The molecule has 1 aliphatic rings. The van der Waals surface area contributed by atoms with Crippen molar-refractivity contribution in [2.75, 3.05) is 6.54 Å². The maximum Gasteiger partial charge on any atom is 0.219 e. The summed E-state index contributed by atoms with van der Waals surface area (Å²) in [4.78, 5) is 13.2. The van der Waals surface area contributed by atoms with Crippen molar-refractivity contribution >= 4 is 5.91 Å². The average Bonchev–Trinajstić information content (AvgIpc) is 2.01. The number of carbonyl (C=O) groups is 1. The largest absolute Gasteiger partial charge is 0.375 e. The molecule has 1 fully saturated rings. The highest BCUT2D eigenvalue weighted by Gasteiger charge is 2.27. The van der Waals surface area contributed by atoms with Crippen LogP contribution in [-0.4, -0.2) is 35.6 Å². The summed E-state index contributed by atoms with van der Waals surface area (Å²) in [6.45, 7) is 8.69. The minimum absolute atomic E-state index is 0.181. The molecule has 0 aromatic carbocycles. The van der Waals surface area contributed by atoms with Crippen LogP contribution < -0.4 is 0 Å². The summed E-state index contributed by atoms with van der Waals surface area (Å²) < 4.78 is 5.75. The van der Waals surface area contributed by atoms with Crippen molar-refractivity contribution in [1.82, 2.24) is 4.90 Å². The zero-order chi connectivity index (χ0) is 10.7. The lowest BCUT2D eigenvalue weighted by Crippen LogP contribution is -2.46. The molecule has 1 rings (SSSR count). The fourth-order valence-electron chi connectivity index (χ4n) is 2.11. The van der Waals surface area contributed by atoms with Gasteiger partial charge in [0.05, 0.1) is 12.2 Å². The predicted octanol–water partition coefficient (Wildman–Crippen LogP) is 1.81. The number of nitrogens with zero attached hydrogens (tertiary/aromatic N) is 1. The van der Waals surface area contributed by atoms with Crippen LogP contribution in [-0.2, 0) is 9.53 Å². The first-order valence-corrected chi connectivity index (χ1v) is 5.43. The Bertz CT molecular complexity index is 203.